The zero-order chi connectivity index (χ0) is 13.6. The van der Waals surface area contributed by atoms with E-state index in [9.17, 15) is 13.2 Å². The Morgan fingerprint density at radius 3 is 2.33 bits per heavy atom. The number of thioether (sulfide) groups is 1. The van der Waals surface area contributed by atoms with Gasteiger partial charge in [-0.15, -0.1) is 11.8 Å². The first kappa shape index (κ1) is 15.2. The van der Waals surface area contributed by atoms with Crippen LogP contribution in [0.4, 0.5) is 0 Å². The summed E-state index contributed by atoms with van der Waals surface area (Å²) < 4.78 is 21.9. The predicted octanol–water partition coefficient (Wildman–Crippen LogP) is 2.81. The average Bonchev–Trinajstić information content (AvgIpc) is 2.28. The van der Waals surface area contributed by atoms with E-state index in [2.05, 4.69) is 6.92 Å². The van der Waals surface area contributed by atoms with Gasteiger partial charge in [0.2, 0.25) is 0 Å². The average molecular weight is 286 g/mol. The summed E-state index contributed by atoms with van der Waals surface area (Å²) in [6.07, 6.45) is 1.87. The first-order valence-corrected chi connectivity index (χ1v) is 8.91. The van der Waals surface area contributed by atoms with Crippen LogP contribution in [0.1, 0.15) is 30.1 Å². The standard InChI is InChI=1S/C13H18O3S2/c1-3-17-12-8-6-11(7-9-12)13(14)5-4-10-18(2,15)16/h6-9H,3-5,10H2,1-2H3. The van der Waals surface area contributed by atoms with E-state index in [0.717, 1.165) is 10.6 Å². The van der Waals surface area contributed by atoms with E-state index in [1.165, 1.54) is 6.26 Å². The molecule has 0 aliphatic heterocycles. The highest BCUT2D eigenvalue weighted by atomic mass is 32.2. The topological polar surface area (TPSA) is 51.2 Å². The molecular weight excluding hydrogens is 268 g/mol. The van der Waals surface area contributed by atoms with Gasteiger partial charge in [0, 0.05) is 23.1 Å². The maximum atomic E-state index is 11.8. The van der Waals surface area contributed by atoms with Crippen molar-refractivity contribution in [3.63, 3.8) is 0 Å². The largest absolute Gasteiger partial charge is 0.294 e. The lowest BCUT2D eigenvalue weighted by atomic mass is 10.1. The minimum atomic E-state index is -2.97. The SMILES string of the molecule is CCSc1ccc(C(=O)CCCS(C)(=O)=O)cc1. The highest BCUT2D eigenvalue weighted by Crippen LogP contribution is 2.18. The van der Waals surface area contributed by atoms with Gasteiger partial charge < -0.3 is 0 Å². The van der Waals surface area contributed by atoms with Gasteiger partial charge in [-0.25, -0.2) is 8.42 Å². The van der Waals surface area contributed by atoms with Crippen molar-refractivity contribution in [1.82, 2.24) is 0 Å². The molecule has 0 fully saturated rings. The van der Waals surface area contributed by atoms with E-state index in [0.29, 0.717) is 12.0 Å². The minimum absolute atomic E-state index is 0.00620. The molecule has 0 saturated carbocycles. The van der Waals surface area contributed by atoms with Crippen molar-refractivity contribution in [3.8, 4) is 0 Å². The number of benzene rings is 1. The van der Waals surface area contributed by atoms with Crippen LogP contribution in [0.25, 0.3) is 0 Å². The number of sulfone groups is 1. The molecular formula is C13H18O3S2. The molecule has 0 bridgehead atoms. The molecule has 18 heavy (non-hydrogen) atoms. The molecule has 0 spiro atoms. The Kier molecular flexibility index (Phi) is 5.88. The number of rotatable bonds is 7. The van der Waals surface area contributed by atoms with Crippen LogP contribution in [0.5, 0.6) is 0 Å². The van der Waals surface area contributed by atoms with Gasteiger partial charge in [-0.05, 0) is 24.3 Å². The first-order valence-electron chi connectivity index (χ1n) is 5.86. The van der Waals surface area contributed by atoms with Crippen LogP contribution in [-0.4, -0.2) is 32.0 Å². The highest BCUT2D eigenvalue weighted by Gasteiger charge is 2.08. The molecule has 0 aromatic heterocycles. The summed E-state index contributed by atoms with van der Waals surface area (Å²) >= 11 is 1.73. The van der Waals surface area contributed by atoms with Crippen molar-refractivity contribution in [1.29, 1.82) is 0 Å². The number of carbonyl (C=O) groups excluding carboxylic acids is 1. The lowest BCUT2D eigenvalue weighted by Gasteiger charge is -2.02. The van der Waals surface area contributed by atoms with Crippen molar-refractivity contribution in [3.05, 3.63) is 29.8 Å². The Hall–Kier alpha value is -0.810. The van der Waals surface area contributed by atoms with Crippen LogP contribution >= 0.6 is 11.8 Å². The van der Waals surface area contributed by atoms with Crippen LogP contribution in [-0.2, 0) is 9.84 Å². The molecule has 3 nitrogen and oxygen atoms in total. The summed E-state index contributed by atoms with van der Waals surface area (Å²) in [6, 6.07) is 7.47. The molecule has 1 aromatic rings. The van der Waals surface area contributed by atoms with Crippen molar-refractivity contribution in [2.24, 2.45) is 0 Å². The third kappa shape index (κ3) is 5.69. The maximum absolute atomic E-state index is 11.8. The van der Waals surface area contributed by atoms with Gasteiger partial charge in [-0.2, -0.15) is 0 Å². The molecule has 1 rings (SSSR count). The zero-order valence-electron chi connectivity index (χ0n) is 10.7. The van der Waals surface area contributed by atoms with Crippen molar-refractivity contribution in [2.75, 3.05) is 17.8 Å². The van der Waals surface area contributed by atoms with Gasteiger partial charge in [0.05, 0.1) is 5.75 Å². The summed E-state index contributed by atoms with van der Waals surface area (Å²) in [5.74, 6) is 1.08. The Balaban J connectivity index is 2.51. The van der Waals surface area contributed by atoms with E-state index in [1.54, 1.807) is 23.9 Å². The maximum Gasteiger partial charge on any atom is 0.162 e. The summed E-state index contributed by atoms with van der Waals surface area (Å²) in [7, 11) is -2.97. The lowest BCUT2D eigenvalue weighted by molar-refractivity contribution is 0.0982. The van der Waals surface area contributed by atoms with E-state index < -0.39 is 9.84 Å². The van der Waals surface area contributed by atoms with Crippen LogP contribution in [0.15, 0.2) is 29.2 Å². The Bertz CT molecular complexity index is 489. The molecule has 0 amide bonds. The van der Waals surface area contributed by atoms with Crippen molar-refractivity contribution < 1.29 is 13.2 Å². The van der Waals surface area contributed by atoms with Crippen molar-refractivity contribution in [2.45, 2.75) is 24.7 Å². The second kappa shape index (κ2) is 6.95. The molecule has 0 saturated heterocycles. The predicted molar refractivity (Wildman–Crippen MR) is 76.1 cm³/mol. The molecule has 100 valence electrons. The van der Waals surface area contributed by atoms with Crippen LogP contribution in [0.3, 0.4) is 0 Å². The monoisotopic (exact) mass is 286 g/mol. The smallest absolute Gasteiger partial charge is 0.162 e. The van der Waals surface area contributed by atoms with Gasteiger partial charge in [0.25, 0.3) is 0 Å². The van der Waals surface area contributed by atoms with Crippen LogP contribution < -0.4 is 0 Å². The number of Topliss-reactive ketones (excluding diaryl/α,β-unsaturated/α-hetero) is 1. The van der Waals surface area contributed by atoms with Gasteiger partial charge >= 0.3 is 0 Å². The fourth-order valence-corrected chi connectivity index (χ4v) is 2.87. The van der Waals surface area contributed by atoms with E-state index in [-0.39, 0.29) is 18.0 Å². The number of carbonyl (C=O) groups is 1. The molecule has 1 aromatic carbocycles. The molecule has 0 atom stereocenters. The highest BCUT2D eigenvalue weighted by molar-refractivity contribution is 7.99. The van der Waals surface area contributed by atoms with Gasteiger partial charge in [0.15, 0.2) is 5.78 Å². The molecule has 0 aliphatic rings. The number of hydrogen-bond acceptors (Lipinski definition) is 4. The summed E-state index contributed by atoms with van der Waals surface area (Å²) in [4.78, 5) is 12.9. The van der Waals surface area contributed by atoms with Gasteiger partial charge in [-0.1, -0.05) is 19.1 Å². The van der Waals surface area contributed by atoms with Crippen LogP contribution in [0, 0.1) is 0 Å². The normalized spacial score (nSPS) is 11.4. The number of hydrogen-bond donors (Lipinski definition) is 0. The molecule has 0 unspecified atom stereocenters. The molecule has 0 N–H and O–H groups in total. The van der Waals surface area contributed by atoms with Gasteiger partial charge in [-0.3, -0.25) is 4.79 Å². The summed E-state index contributed by atoms with van der Waals surface area (Å²) in [5, 5.41) is 0. The third-order valence-corrected chi connectivity index (χ3v) is 4.33. The Morgan fingerprint density at radius 2 is 1.83 bits per heavy atom. The molecule has 5 heteroatoms. The Labute approximate surface area is 113 Å². The van der Waals surface area contributed by atoms with E-state index >= 15 is 0 Å². The van der Waals surface area contributed by atoms with E-state index in [4.69, 9.17) is 0 Å². The molecule has 0 radical (unpaired) electrons. The number of ketones is 1. The molecule has 0 heterocycles. The second-order valence-electron chi connectivity index (χ2n) is 4.11. The zero-order valence-corrected chi connectivity index (χ0v) is 12.3. The van der Waals surface area contributed by atoms with Crippen molar-refractivity contribution >= 4 is 27.4 Å². The summed E-state index contributed by atoms with van der Waals surface area (Å²) in [6.45, 7) is 2.08. The first-order chi connectivity index (χ1) is 8.42. The van der Waals surface area contributed by atoms with E-state index in [1.807, 2.05) is 12.1 Å². The summed E-state index contributed by atoms with van der Waals surface area (Å²) in [5.41, 5.74) is 0.656. The second-order valence-corrected chi connectivity index (χ2v) is 7.71. The van der Waals surface area contributed by atoms with Gasteiger partial charge in [0.1, 0.15) is 9.84 Å². The molecule has 0 aliphatic carbocycles. The quantitative estimate of drug-likeness (QED) is 0.571. The minimum Gasteiger partial charge on any atom is -0.294 e. The fraction of sp³-hybridized carbons (Fsp3) is 0.462. The fourth-order valence-electron chi connectivity index (χ4n) is 1.54. The lowest BCUT2D eigenvalue weighted by Crippen LogP contribution is -2.06. The van der Waals surface area contributed by atoms with Crippen LogP contribution in [0.2, 0.25) is 0 Å². The Morgan fingerprint density at radius 1 is 1.22 bits per heavy atom. The third-order valence-electron chi connectivity index (χ3n) is 2.41.